The quantitative estimate of drug-likeness (QED) is 0.644. The molecule has 0 aliphatic heterocycles. The van der Waals surface area contributed by atoms with E-state index in [1.165, 1.54) is 0 Å². The van der Waals surface area contributed by atoms with Gasteiger partial charge in [0.2, 0.25) is 0 Å². The summed E-state index contributed by atoms with van der Waals surface area (Å²) in [6, 6.07) is 0. The highest BCUT2D eigenvalue weighted by Gasteiger charge is 2.02. The van der Waals surface area contributed by atoms with Gasteiger partial charge in [-0.25, -0.2) is 0 Å². The number of unbranched alkanes of at least 4 members (excludes halogenated alkanes) is 1. The van der Waals surface area contributed by atoms with Crippen molar-refractivity contribution in [3.63, 3.8) is 0 Å². The monoisotopic (exact) mass is 204 g/mol. The molecule has 0 saturated heterocycles. The highest BCUT2D eigenvalue weighted by atomic mass is 79.9. The number of rotatable bonds is 4. The number of hydrogen-bond donors (Lipinski definition) is 0. The average Bonchev–Trinajstić information content (AvgIpc) is 1.98. The minimum Gasteiger partial charge on any atom is -0.294 e. The van der Waals surface area contributed by atoms with Crippen molar-refractivity contribution in [2.45, 2.75) is 33.1 Å². The van der Waals surface area contributed by atoms with E-state index in [2.05, 4.69) is 22.9 Å². The molecule has 1 nitrogen and oxygen atoms in total. The molecule has 0 amide bonds. The standard InChI is InChI=1S/C8H13BrO/c1-3-5-6-8(10)7(9)4-2/h4H,3,5-6H2,1-2H3/b7-4-. The molecule has 0 aliphatic carbocycles. The van der Waals surface area contributed by atoms with Crippen molar-refractivity contribution in [2.24, 2.45) is 0 Å². The second-order valence-electron chi connectivity index (χ2n) is 2.16. The molecule has 2 heteroatoms. The Morgan fingerprint density at radius 2 is 2.20 bits per heavy atom. The van der Waals surface area contributed by atoms with Gasteiger partial charge in [0.25, 0.3) is 0 Å². The van der Waals surface area contributed by atoms with Crippen molar-refractivity contribution in [2.75, 3.05) is 0 Å². The lowest BCUT2D eigenvalue weighted by atomic mass is 10.2. The Bertz CT molecular complexity index is 138. The van der Waals surface area contributed by atoms with Crippen LogP contribution >= 0.6 is 15.9 Å². The van der Waals surface area contributed by atoms with E-state index in [1.807, 2.05) is 6.92 Å². The van der Waals surface area contributed by atoms with Crippen LogP contribution in [0.1, 0.15) is 33.1 Å². The maximum absolute atomic E-state index is 11.0. The van der Waals surface area contributed by atoms with Crippen molar-refractivity contribution < 1.29 is 4.79 Å². The van der Waals surface area contributed by atoms with Gasteiger partial charge in [-0.1, -0.05) is 19.4 Å². The van der Waals surface area contributed by atoms with Crippen molar-refractivity contribution in [3.05, 3.63) is 10.6 Å². The van der Waals surface area contributed by atoms with E-state index in [4.69, 9.17) is 0 Å². The molecule has 0 bridgehead atoms. The van der Waals surface area contributed by atoms with Gasteiger partial charge >= 0.3 is 0 Å². The summed E-state index contributed by atoms with van der Waals surface area (Å²) < 4.78 is 0.709. The second-order valence-corrected chi connectivity index (χ2v) is 3.02. The molecule has 0 atom stereocenters. The van der Waals surface area contributed by atoms with Crippen molar-refractivity contribution in [1.82, 2.24) is 0 Å². The summed E-state index contributed by atoms with van der Waals surface area (Å²) in [6.45, 7) is 3.94. The molecule has 0 aliphatic rings. The van der Waals surface area contributed by atoms with Crippen molar-refractivity contribution >= 4 is 21.7 Å². The van der Waals surface area contributed by atoms with Crippen LogP contribution in [0.2, 0.25) is 0 Å². The lowest BCUT2D eigenvalue weighted by Gasteiger charge is -1.95. The minimum absolute atomic E-state index is 0.212. The Hall–Kier alpha value is -0.110. The van der Waals surface area contributed by atoms with Crippen LogP contribution in [0.15, 0.2) is 10.6 Å². The fraction of sp³-hybridized carbons (Fsp3) is 0.625. The number of Topliss-reactive ketones (excluding diaryl/α,β-unsaturated/α-hetero) is 1. The molecule has 0 N–H and O–H groups in total. The number of carbonyl (C=O) groups is 1. The normalized spacial score (nSPS) is 11.7. The predicted molar refractivity (Wildman–Crippen MR) is 47.2 cm³/mol. The molecule has 0 aromatic carbocycles. The highest BCUT2D eigenvalue weighted by Crippen LogP contribution is 2.10. The molecular weight excluding hydrogens is 192 g/mol. The van der Waals surface area contributed by atoms with E-state index in [9.17, 15) is 4.79 Å². The molecule has 0 fully saturated rings. The van der Waals surface area contributed by atoms with Gasteiger partial charge in [0, 0.05) is 6.42 Å². The Labute approximate surface area is 70.6 Å². The van der Waals surface area contributed by atoms with Crippen LogP contribution in [-0.4, -0.2) is 5.78 Å². The van der Waals surface area contributed by atoms with Gasteiger partial charge in [0.05, 0.1) is 4.48 Å². The van der Waals surface area contributed by atoms with Crippen molar-refractivity contribution in [3.8, 4) is 0 Å². The maximum atomic E-state index is 11.0. The fourth-order valence-electron chi connectivity index (χ4n) is 0.618. The summed E-state index contributed by atoms with van der Waals surface area (Å²) in [7, 11) is 0. The fourth-order valence-corrected chi connectivity index (χ4v) is 0.816. The molecule has 0 rings (SSSR count). The molecule has 0 spiro atoms. The average molecular weight is 205 g/mol. The smallest absolute Gasteiger partial charge is 0.169 e. The first-order chi connectivity index (χ1) is 4.72. The largest absolute Gasteiger partial charge is 0.294 e. The maximum Gasteiger partial charge on any atom is 0.169 e. The highest BCUT2D eigenvalue weighted by molar-refractivity contribution is 9.12. The summed E-state index contributed by atoms with van der Waals surface area (Å²) >= 11 is 3.18. The van der Waals surface area contributed by atoms with E-state index in [-0.39, 0.29) is 5.78 Å². The van der Waals surface area contributed by atoms with Gasteiger partial charge in [-0.15, -0.1) is 0 Å². The zero-order valence-corrected chi connectivity index (χ0v) is 8.07. The van der Waals surface area contributed by atoms with E-state index >= 15 is 0 Å². The van der Waals surface area contributed by atoms with E-state index in [0.29, 0.717) is 10.9 Å². The molecule has 0 aromatic heterocycles. The van der Waals surface area contributed by atoms with Gasteiger partial charge in [0.1, 0.15) is 0 Å². The topological polar surface area (TPSA) is 17.1 Å². The first kappa shape index (κ1) is 9.89. The Morgan fingerprint density at radius 3 is 2.60 bits per heavy atom. The van der Waals surface area contributed by atoms with E-state index in [0.717, 1.165) is 12.8 Å². The molecule has 0 unspecified atom stereocenters. The molecule has 0 aromatic rings. The van der Waals surface area contributed by atoms with Crippen LogP contribution in [0.4, 0.5) is 0 Å². The van der Waals surface area contributed by atoms with Crippen LogP contribution in [-0.2, 0) is 4.79 Å². The lowest BCUT2D eigenvalue weighted by Crippen LogP contribution is -1.95. The minimum atomic E-state index is 0.212. The summed E-state index contributed by atoms with van der Waals surface area (Å²) in [5.74, 6) is 0.212. The number of ketones is 1. The zero-order valence-electron chi connectivity index (χ0n) is 6.48. The number of hydrogen-bond acceptors (Lipinski definition) is 1. The van der Waals surface area contributed by atoms with Crippen molar-refractivity contribution in [1.29, 1.82) is 0 Å². The third-order valence-electron chi connectivity index (χ3n) is 1.28. The van der Waals surface area contributed by atoms with Gasteiger partial charge in [-0.3, -0.25) is 4.79 Å². The lowest BCUT2D eigenvalue weighted by molar-refractivity contribution is -0.114. The van der Waals surface area contributed by atoms with Gasteiger partial charge in [0.15, 0.2) is 5.78 Å². The summed E-state index contributed by atoms with van der Waals surface area (Å²) in [5.41, 5.74) is 0. The first-order valence-electron chi connectivity index (χ1n) is 3.57. The third kappa shape index (κ3) is 3.83. The Balaban J connectivity index is 3.63. The summed E-state index contributed by atoms with van der Waals surface area (Å²) in [5, 5.41) is 0. The van der Waals surface area contributed by atoms with Crippen LogP contribution in [0, 0.1) is 0 Å². The van der Waals surface area contributed by atoms with Crippen LogP contribution in [0.5, 0.6) is 0 Å². The first-order valence-corrected chi connectivity index (χ1v) is 4.36. The third-order valence-corrected chi connectivity index (χ3v) is 2.18. The van der Waals surface area contributed by atoms with E-state index < -0.39 is 0 Å². The van der Waals surface area contributed by atoms with E-state index in [1.54, 1.807) is 6.08 Å². The predicted octanol–water partition coefficient (Wildman–Crippen LogP) is 3.04. The number of halogens is 1. The summed E-state index contributed by atoms with van der Waals surface area (Å²) in [4.78, 5) is 11.0. The molecular formula is C8H13BrO. The SMILES string of the molecule is C/C=C(\Br)C(=O)CCCC. The Kier molecular flexibility index (Phi) is 5.60. The van der Waals surface area contributed by atoms with Crippen LogP contribution < -0.4 is 0 Å². The molecule has 10 heavy (non-hydrogen) atoms. The molecule has 0 saturated carbocycles. The molecule has 0 heterocycles. The number of allylic oxidation sites excluding steroid dienone is 2. The van der Waals surface area contributed by atoms with Gasteiger partial charge < -0.3 is 0 Å². The molecule has 58 valence electrons. The number of carbonyl (C=O) groups excluding carboxylic acids is 1. The molecule has 0 radical (unpaired) electrons. The van der Waals surface area contributed by atoms with Gasteiger partial charge in [-0.2, -0.15) is 0 Å². The van der Waals surface area contributed by atoms with Crippen LogP contribution in [0.25, 0.3) is 0 Å². The Morgan fingerprint density at radius 1 is 1.60 bits per heavy atom. The van der Waals surface area contributed by atoms with Gasteiger partial charge in [-0.05, 0) is 29.3 Å². The second kappa shape index (κ2) is 5.66. The zero-order chi connectivity index (χ0) is 7.98. The van der Waals surface area contributed by atoms with Crippen LogP contribution in [0.3, 0.4) is 0 Å². The summed E-state index contributed by atoms with van der Waals surface area (Å²) in [6.07, 6.45) is 4.52.